The van der Waals surface area contributed by atoms with Gasteiger partial charge in [-0.2, -0.15) is 0 Å². The van der Waals surface area contributed by atoms with Crippen LogP contribution in [0.15, 0.2) is 30.4 Å². The maximum Gasteiger partial charge on any atom is 0.195 e. The van der Waals surface area contributed by atoms with Crippen molar-refractivity contribution in [2.75, 3.05) is 13.7 Å². The van der Waals surface area contributed by atoms with Crippen LogP contribution in [-0.2, 0) is 22.3 Å². The summed E-state index contributed by atoms with van der Waals surface area (Å²) in [5.41, 5.74) is 12.9. The SMILES string of the molecule is C=C(C)C1Cc2c(C)c3c(c(C)c2[C@@H](OC2CC[C@H](C)CO2)C1)C(=O)c1c(CC)cccc1C3=O.CN. The molecule has 37 heavy (non-hydrogen) atoms. The lowest BCUT2D eigenvalue weighted by atomic mass is 9.69. The van der Waals surface area contributed by atoms with Crippen molar-refractivity contribution < 1.29 is 19.1 Å². The maximum atomic E-state index is 14.0. The first kappa shape index (κ1) is 27.4. The molecule has 2 unspecified atom stereocenters. The smallest absolute Gasteiger partial charge is 0.195 e. The third-order valence-electron chi connectivity index (χ3n) is 8.39. The van der Waals surface area contributed by atoms with Crippen molar-refractivity contribution in [3.05, 3.63) is 80.4 Å². The van der Waals surface area contributed by atoms with Gasteiger partial charge in [-0.25, -0.2) is 0 Å². The van der Waals surface area contributed by atoms with E-state index in [9.17, 15) is 9.59 Å². The fourth-order valence-electron chi connectivity index (χ4n) is 6.32. The number of benzene rings is 2. The highest BCUT2D eigenvalue weighted by Gasteiger charge is 2.40. The summed E-state index contributed by atoms with van der Waals surface area (Å²) in [6.45, 7) is 15.3. The Hall–Kier alpha value is -2.60. The summed E-state index contributed by atoms with van der Waals surface area (Å²) >= 11 is 0. The van der Waals surface area contributed by atoms with Crippen LogP contribution < -0.4 is 5.73 Å². The molecule has 2 aromatic rings. The van der Waals surface area contributed by atoms with E-state index in [0.717, 1.165) is 59.1 Å². The molecule has 1 saturated heterocycles. The lowest BCUT2D eigenvalue weighted by Crippen LogP contribution is -2.33. The molecule has 2 aromatic carbocycles. The number of carbonyl (C=O) groups excluding carboxylic acids is 2. The van der Waals surface area contributed by atoms with E-state index in [-0.39, 0.29) is 29.9 Å². The first-order valence-corrected chi connectivity index (χ1v) is 13.6. The number of hydrogen-bond acceptors (Lipinski definition) is 5. The van der Waals surface area contributed by atoms with Crippen LogP contribution in [0.5, 0.6) is 0 Å². The molecule has 5 heteroatoms. The van der Waals surface area contributed by atoms with Crippen LogP contribution in [0.25, 0.3) is 0 Å². The van der Waals surface area contributed by atoms with Crippen molar-refractivity contribution in [3.63, 3.8) is 0 Å². The van der Waals surface area contributed by atoms with Gasteiger partial charge in [-0.3, -0.25) is 9.59 Å². The molecule has 0 spiro atoms. The monoisotopic (exact) mass is 503 g/mol. The molecule has 2 aliphatic carbocycles. The summed E-state index contributed by atoms with van der Waals surface area (Å²) in [5, 5.41) is 0. The van der Waals surface area contributed by atoms with Gasteiger partial charge in [-0.15, -0.1) is 0 Å². The summed E-state index contributed by atoms with van der Waals surface area (Å²) in [6, 6.07) is 5.65. The second-order valence-corrected chi connectivity index (χ2v) is 10.8. The Morgan fingerprint density at radius 2 is 1.78 bits per heavy atom. The zero-order chi connectivity index (χ0) is 27.0. The highest BCUT2D eigenvalue weighted by atomic mass is 16.7. The van der Waals surface area contributed by atoms with Crippen molar-refractivity contribution in [2.45, 2.75) is 79.1 Å². The number of ketones is 2. The van der Waals surface area contributed by atoms with Gasteiger partial charge in [0.2, 0.25) is 0 Å². The Bertz CT molecular complexity index is 1240. The minimum atomic E-state index is -0.242. The molecule has 4 atom stereocenters. The fourth-order valence-corrected chi connectivity index (χ4v) is 6.32. The van der Waals surface area contributed by atoms with E-state index in [1.807, 2.05) is 32.9 Å². The molecule has 1 fully saturated rings. The second-order valence-electron chi connectivity index (χ2n) is 10.8. The highest BCUT2D eigenvalue weighted by Crippen LogP contribution is 2.46. The first-order valence-electron chi connectivity index (χ1n) is 13.6. The Kier molecular flexibility index (Phi) is 8.17. The minimum Gasteiger partial charge on any atom is -0.352 e. The summed E-state index contributed by atoms with van der Waals surface area (Å²) in [7, 11) is 1.50. The molecule has 2 N–H and O–H groups in total. The lowest BCUT2D eigenvalue weighted by molar-refractivity contribution is -0.203. The zero-order valence-corrected chi connectivity index (χ0v) is 23.2. The average Bonchev–Trinajstić information content (AvgIpc) is 2.90. The largest absolute Gasteiger partial charge is 0.352 e. The standard InChI is InChI=1S/C31H36O4.CH5N/c1-7-20-9-8-10-22-29(20)31(33)28-19(6)26-23(18(5)27(28)30(22)32)13-21(16(2)3)14-24(26)35-25-12-11-17(4)15-34-25;1-2/h8-10,17,21,24-25H,2,7,11-15H2,1,3-6H3;2H2,1H3/t17-,21?,24-,25?;/m0./s1. The van der Waals surface area contributed by atoms with Crippen LogP contribution in [-0.4, -0.2) is 31.5 Å². The number of rotatable bonds is 4. The van der Waals surface area contributed by atoms with Gasteiger partial charge in [0.05, 0.1) is 12.7 Å². The van der Waals surface area contributed by atoms with E-state index in [1.54, 1.807) is 6.07 Å². The molecule has 0 radical (unpaired) electrons. The molecule has 5 rings (SSSR count). The predicted molar refractivity (Wildman–Crippen MR) is 147 cm³/mol. The molecule has 0 bridgehead atoms. The number of fused-ring (bicyclic) bond motifs is 3. The lowest BCUT2D eigenvalue weighted by Gasteiger charge is -2.39. The molecule has 0 amide bonds. The number of allylic oxidation sites excluding steroid dienone is 1. The van der Waals surface area contributed by atoms with Crippen LogP contribution in [0, 0.1) is 25.7 Å². The van der Waals surface area contributed by atoms with Crippen molar-refractivity contribution in [1.82, 2.24) is 0 Å². The Balaban J connectivity index is 0.00000156. The van der Waals surface area contributed by atoms with Crippen LogP contribution in [0.2, 0.25) is 0 Å². The quantitative estimate of drug-likeness (QED) is 0.430. The van der Waals surface area contributed by atoms with E-state index in [0.29, 0.717) is 41.2 Å². The van der Waals surface area contributed by atoms with Crippen molar-refractivity contribution >= 4 is 11.6 Å². The minimum absolute atomic E-state index is 0.0287. The predicted octanol–water partition coefficient (Wildman–Crippen LogP) is 6.18. The third kappa shape index (κ3) is 4.73. The van der Waals surface area contributed by atoms with E-state index < -0.39 is 0 Å². The average molecular weight is 504 g/mol. The number of ether oxygens (including phenoxy) is 2. The third-order valence-corrected chi connectivity index (χ3v) is 8.39. The number of hydrogen-bond donors (Lipinski definition) is 1. The Morgan fingerprint density at radius 3 is 2.41 bits per heavy atom. The van der Waals surface area contributed by atoms with Crippen LogP contribution in [0.4, 0.5) is 0 Å². The normalized spacial score (nSPS) is 24.4. The van der Waals surface area contributed by atoms with Gasteiger partial charge in [0.25, 0.3) is 0 Å². The van der Waals surface area contributed by atoms with E-state index in [4.69, 9.17) is 9.47 Å². The van der Waals surface area contributed by atoms with Gasteiger partial charge in [-0.1, -0.05) is 44.2 Å². The molecule has 198 valence electrons. The van der Waals surface area contributed by atoms with Gasteiger partial charge in [0.15, 0.2) is 17.9 Å². The van der Waals surface area contributed by atoms with Crippen LogP contribution in [0.3, 0.4) is 0 Å². The molecule has 0 saturated carbocycles. The summed E-state index contributed by atoms with van der Waals surface area (Å²) in [5.74, 6) is 0.746. The summed E-state index contributed by atoms with van der Waals surface area (Å²) in [6.07, 6.45) is 3.87. The van der Waals surface area contributed by atoms with E-state index in [1.165, 1.54) is 7.05 Å². The fraction of sp³-hybridized carbons (Fsp3) is 0.500. The molecular formula is C32H41NO4. The molecule has 5 nitrogen and oxygen atoms in total. The van der Waals surface area contributed by atoms with Gasteiger partial charge in [-0.05, 0) is 99.6 Å². The van der Waals surface area contributed by atoms with Gasteiger partial charge < -0.3 is 15.2 Å². The highest BCUT2D eigenvalue weighted by molar-refractivity contribution is 6.30. The topological polar surface area (TPSA) is 78.6 Å². The van der Waals surface area contributed by atoms with Crippen molar-refractivity contribution in [3.8, 4) is 0 Å². The van der Waals surface area contributed by atoms with Crippen LogP contribution >= 0.6 is 0 Å². The van der Waals surface area contributed by atoms with E-state index >= 15 is 0 Å². The number of nitrogens with two attached hydrogens (primary N) is 1. The van der Waals surface area contributed by atoms with Gasteiger partial charge in [0, 0.05) is 22.3 Å². The van der Waals surface area contributed by atoms with Crippen LogP contribution in [0.1, 0.15) is 106 Å². The molecule has 1 heterocycles. The van der Waals surface area contributed by atoms with Gasteiger partial charge in [0.1, 0.15) is 0 Å². The summed E-state index contributed by atoms with van der Waals surface area (Å²) in [4.78, 5) is 27.8. The number of aryl methyl sites for hydroxylation is 1. The maximum absolute atomic E-state index is 14.0. The van der Waals surface area contributed by atoms with E-state index in [2.05, 4.69) is 26.2 Å². The molecular weight excluding hydrogens is 462 g/mol. The van der Waals surface area contributed by atoms with Crippen molar-refractivity contribution in [2.24, 2.45) is 17.6 Å². The van der Waals surface area contributed by atoms with Gasteiger partial charge >= 0.3 is 0 Å². The zero-order valence-electron chi connectivity index (χ0n) is 23.2. The van der Waals surface area contributed by atoms with Crippen molar-refractivity contribution in [1.29, 1.82) is 0 Å². The Labute approximate surface area is 221 Å². The molecule has 3 aliphatic rings. The first-order chi connectivity index (χ1) is 17.7. The molecule has 0 aromatic heterocycles. The Morgan fingerprint density at radius 1 is 1.08 bits per heavy atom. The second kappa shape index (κ2) is 11.0. The number of carbonyl (C=O) groups is 2. The summed E-state index contributed by atoms with van der Waals surface area (Å²) < 4.78 is 12.7. The molecule has 1 aliphatic heterocycles.